The zero-order valence-electron chi connectivity index (χ0n) is 11.1. The molecule has 0 aromatic heterocycles. The van der Waals surface area contributed by atoms with E-state index in [0.717, 1.165) is 22.2 Å². The number of halogens is 1. The highest BCUT2D eigenvalue weighted by Gasteiger charge is 2.30. The summed E-state index contributed by atoms with van der Waals surface area (Å²) in [5.41, 5.74) is 1.06. The molecule has 1 aromatic rings. The van der Waals surface area contributed by atoms with Crippen molar-refractivity contribution >= 4 is 25.8 Å². The van der Waals surface area contributed by atoms with Gasteiger partial charge in [-0.25, -0.2) is 8.42 Å². The first-order valence-electron chi connectivity index (χ1n) is 6.14. The minimum Gasteiger partial charge on any atom is -0.496 e. The lowest BCUT2D eigenvalue weighted by Gasteiger charge is -2.24. The number of methoxy groups -OCH3 is 1. The van der Waals surface area contributed by atoms with Crippen molar-refractivity contribution in [2.24, 2.45) is 0 Å². The largest absolute Gasteiger partial charge is 0.496 e. The molecule has 6 heteroatoms. The van der Waals surface area contributed by atoms with Gasteiger partial charge in [0.15, 0.2) is 9.84 Å². The van der Waals surface area contributed by atoms with Gasteiger partial charge in [0, 0.05) is 22.6 Å². The van der Waals surface area contributed by atoms with Gasteiger partial charge in [0.1, 0.15) is 5.75 Å². The molecular formula is C13H18BrNO3S. The summed E-state index contributed by atoms with van der Waals surface area (Å²) in [7, 11) is 0.771. The highest BCUT2D eigenvalue weighted by atomic mass is 79.9. The Balaban J connectivity index is 2.11. The Morgan fingerprint density at radius 1 is 1.47 bits per heavy atom. The summed E-state index contributed by atoms with van der Waals surface area (Å²) < 4.78 is 29.4. The van der Waals surface area contributed by atoms with Crippen LogP contribution in [0.25, 0.3) is 0 Å². The van der Waals surface area contributed by atoms with Crippen LogP contribution < -0.4 is 4.74 Å². The van der Waals surface area contributed by atoms with E-state index >= 15 is 0 Å². The lowest BCUT2D eigenvalue weighted by Crippen LogP contribution is -2.32. The molecular weight excluding hydrogens is 330 g/mol. The SMILES string of the molecule is COc1ccc(Br)cc1CN(C)C1CCS(=O)(=O)C1. The number of sulfone groups is 1. The van der Waals surface area contributed by atoms with Gasteiger partial charge in [0.05, 0.1) is 18.6 Å². The van der Waals surface area contributed by atoms with E-state index in [1.807, 2.05) is 25.2 Å². The highest BCUT2D eigenvalue weighted by molar-refractivity contribution is 9.10. The van der Waals surface area contributed by atoms with Crippen LogP contribution in [0.2, 0.25) is 0 Å². The second kappa shape index (κ2) is 5.81. The Labute approximate surface area is 122 Å². The molecule has 1 atom stereocenters. The molecule has 0 saturated carbocycles. The lowest BCUT2D eigenvalue weighted by atomic mass is 10.1. The summed E-state index contributed by atoms with van der Waals surface area (Å²) in [6, 6.07) is 5.97. The molecule has 0 aliphatic carbocycles. The van der Waals surface area contributed by atoms with Crippen LogP contribution in [-0.4, -0.2) is 45.0 Å². The average molecular weight is 348 g/mol. The first-order chi connectivity index (χ1) is 8.91. The Morgan fingerprint density at radius 3 is 2.79 bits per heavy atom. The second-order valence-electron chi connectivity index (χ2n) is 4.93. The van der Waals surface area contributed by atoms with Crippen LogP contribution in [0.1, 0.15) is 12.0 Å². The van der Waals surface area contributed by atoms with Crippen molar-refractivity contribution in [1.82, 2.24) is 4.90 Å². The van der Waals surface area contributed by atoms with E-state index in [1.54, 1.807) is 7.11 Å². The van der Waals surface area contributed by atoms with Gasteiger partial charge in [0.2, 0.25) is 0 Å². The maximum Gasteiger partial charge on any atom is 0.151 e. The van der Waals surface area contributed by atoms with Crippen molar-refractivity contribution in [1.29, 1.82) is 0 Å². The predicted octanol–water partition coefficient (Wildman–Crippen LogP) is 2.08. The fraction of sp³-hybridized carbons (Fsp3) is 0.538. The third-order valence-electron chi connectivity index (χ3n) is 3.49. The van der Waals surface area contributed by atoms with Crippen LogP contribution in [0.15, 0.2) is 22.7 Å². The molecule has 1 aliphatic rings. The molecule has 1 fully saturated rings. The first kappa shape index (κ1) is 14.8. The molecule has 2 rings (SSSR count). The molecule has 1 heterocycles. The summed E-state index contributed by atoms with van der Waals surface area (Å²) in [5, 5.41) is 0. The van der Waals surface area contributed by atoms with Crippen LogP contribution in [0, 0.1) is 0 Å². The van der Waals surface area contributed by atoms with E-state index in [9.17, 15) is 8.42 Å². The van der Waals surface area contributed by atoms with Gasteiger partial charge >= 0.3 is 0 Å². The van der Waals surface area contributed by atoms with Crippen molar-refractivity contribution in [3.63, 3.8) is 0 Å². The van der Waals surface area contributed by atoms with E-state index in [0.29, 0.717) is 12.3 Å². The molecule has 4 nitrogen and oxygen atoms in total. The van der Waals surface area contributed by atoms with E-state index in [2.05, 4.69) is 20.8 Å². The summed E-state index contributed by atoms with van der Waals surface area (Å²) in [5.74, 6) is 1.40. The van der Waals surface area contributed by atoms with Crippen molar-refractivity contribution in [2.45, 2.75) is 19.0 Å². The van der Waals surface area contributed by atoms with E-state index in [1.165, 1.54) is 0 Å². The molecule has 19 heavy (non-hydrogen) atoms. The Kier molecular flexibility index (Phi) is 4.53. The summed E-state index contributed by atoms with van der Waals surface area (Å²) in [4.78, 5) is 2.09. The van der Waals surface area contributed by atoms with Crippen LogP contribution in [-0.2, 0) is 16.4 Å². The molecule has 106 valence electrons. The third-order valence-corrected chi connectivity index (χ3v) is 5.74. The van der Waals surface area contributed by atoms with Gasteiger partial charge in [-0.2, -0.15) is 0 Å². The second-order valence-corrected chi connectivity index (χ2v) is 8.07. The molecule has 1 aliphatic heterocycles. The zero-order valence-corrected chi connectivity index (χ0v) is 13.5. The Bertz CT molecular complexity index is 559. The number of hydrogen-bond donors (Lipinski definition) is 0. The third kappa shape index (κ3) is 3.70. The van der Waals surface area contributed by atoms with E-state index in [-0.39, 0.29) is 11.8 Å². The van der Waals surface area contributed by atoms with Crippen molar-refractivity contribution in [3.8, 4) is 5.75 Å². The predicted molar refractivity (Wildman–Crippen MR) is 79.2 cm³/mol. The van der Waals surface area contributed by atoms with Gasteiger partial charge in [-0.15, -0.1) is 0 Å². The quantitative estimate of drug-likeness (QED) is 0.836. The van der Waals surface area contributed by atoms with Gasteiger partial charge in [-0.05, 0) is 31.7 Å². The van der Waals surface area contributed by atoms with Gasteiger partial charge in [-0.1, -0.05) is 15.9 Å². The molecule has 1 unspecified atom stereocenters. The van der Waals surface area contributed by atoms with Gasteiger partial charge in [0.25, 0.3) is 0 Å². The van der Waals surface area contributed by atoms with Crippen molar-refractivity contribution in [2.75, 3.05) is 25.7 Å². The minimum atomic E-state index is -2.84. The molecule has 1 aromatic carbocycles. The van der Waals surface area contributed by atoms with Crippen LogP contribution in [0.5, 0.6) is 5.75 Å². The van der Waals surface area contributed by atoms with Gasteiger partial charge in [-0.3, -0.25) is 4.90 Å². The number of ether oxygens (including phenoxy) is 1. The minimum absolute atomic E-state index is 0.105. The summed E-state index contributed by atoms with van der Waals surface area (Å²) >= 11 is 3.45. The van der Waals surface area contributed by atoms with Crippen molar-refractivity contribution in [3.05, 3.63) is 28.2 Å². The number of benzene rings is 1. The first-order valence-corrected chi connectivity index (χ1v) is 8.76. The zero-order chi connectivity index (χ0) is 14.0. The van der Waals surface area contributed by atoms with Crippen molar-refractivity contribution < 1.29 is 13.2 Å². The summed E-state index contributed by atoms with van der Waals surface area (Å²) in [6.07, 6.45) is 0.717. The normalized spacial score (nSPS) is 21.8. The molecule has 1 saturated heterocycles. The average Bonchev–Trinajstić information content (AvgIpc) is 2.70. The number of nitrogens with zero attached hydrogens (tertiary/aromatic N) is 1. The standard InChI is InChI=1S/C13H18BrNO3S/c1-15(12-5-6-19(16,17)9-12)8-10-7-11(14)3-4-13(10)18-2/h3-4,7,12H,5-6,8-9H2,1-2H3. The van der Waals surface area contributed by atoms with E-state index < -0.39 is 9.84 Å². The smallest absolute Gasteiger partial charge is 0.151 e. The maximum atomic E-state index is 11.5. The fourth-order valence-corrected chi connectivity index (χ4v) is 4.61. The molecule has 0 spiro atoms. The highest BCUT2D eigenvalue weighted by Crippen LogP contribution is 2.26. The lowest BCUT2D eigenvalue weighted by molar-refractivity contribution is 0.250. The molecule has 0 amide bonds. The van der Waals surface area contributed by atoms with Crippen LogP contribution >= 0.6 is 15.9 Å². The fourth-order valence-electron chi connectivity index (χ4n) is 2.39. The molecule has 0 bridgehead atoms. The van der Waals surface area contributed by atoms with Crippen LogP contribution in [0.4, 0.5) is 0 Å². The summed E-state index contributed by atoms with van der Waals surface area (Å²) in [6.45, 7) is 0.683. The van der Waals surface area contributed by atoms with E-state index in [4.69, 9.17) is 4.74 Å². The molecule has 0 N–H and O–H groups in total. The number of rotatable bonds is 4. The number of hydrogen-bond acceptors (Lipinski definition) is 4. The molecule has 0 radical (unpaired) electrons. The monoisotopic (exact) mass is 347 g/mol. The Morgan fingerprint density at radius 2 is 2.21 bits per heavy atom. The maximum absolute atomic E-state index is 11.5. The Hall–Kier alpha value is -0.590. The topological polar surface area (TPSA) is 46.6 Å². The van der Waals surface area contributed by atoms with Gasteiger partial charge < -0.3 is 4.74 Å². The van der Waals surface area contributed by atoms with Crippen LogP contribution in [0.3, 0.4) is 0 Å².